The fraction of sp³-hybridized carbons (Fsp3) is 0.423. The molecule has 3 aromatic rings. The number of rotatable bonds is 7. The minimum atomic E-state index is -0.334. The molecule has 2 aromatic carbocycles. The summed E-state index contributed by atoms with van der Waals surface area (Å²) in [6.45, 7) is 12.6. The second-order valence-electron chi connectivity index (χ2n) is 8.63. The third-order valence-corrected chi connectivity index (χ3v) is 5.77. The molecular formula is C26H33N3O2. The van der Waals surface area contributed by atoms with Gasteiger partial charge in [-0.2, -0.15) is 0 Å². The number of hydrogen-bond acceptors (Lipinski definition) is 3. The summed E-state index contributed by atoms with van der Waals surface area (Å²) in [5.41, 5.74) is 3.50. The van der Waals surface area contributed by atoms with Crippen molar-refractivity contribution in [3.8, 4) is 5.69 Å². The molecule has 0 N–H and O–H groups in total. The Labute approximate surface area is 184 Å². The van der Waals surface area contributed by atoms with E-state index in [0.717, 1.165) is 29.7 Å². The van der Waals surface area contributed by atoms with Gasteiger partial charge in [-0.25, -0.2) is 4.98 Å². The van der Waals surface area contributed by atoms with E-state index in [4.69, 9.17) is 4.98 Å². The zero-order valence-electron chi connectivity index (χ0n) is 19.5. The molecule has 5 nitrogen and oxygen atoms in total. The van der Waals surface area contributed by atoms with Gasteiger partial charge in [0, 0.05) is 12.5 Å². The summed E-state index contributed by atoms with van der Waals surface area (Å²) in [5, 5.41) is 0.578. The van der Waals surface area contributed by atoms with Crippen LogP contribution in [-0.2, 0) is 4.79 Å². The number of amides is 1. The molecule has 0 fully saturated rings. The highest BCUT2D eigenvalue weighted by Crippen LogP contribution is 2.26. The maximum atomic E-state index is 13.7. The van der Waals surface area contributed by atoms with Gasteiger partial charge in [0.25, 0.3) is 5.56 Å². The lowest BCUT2D eigenvalue weighted by atomic mass is 10.1. The Bertz CT molecular complexity index is 1150. The molecule has 0 saturated carbocycles. The van der Waals surface area contributed by atoms with Crippen LogP contribution in [0.15, 0.2) is 47.3 Å². The number of carbonyl (C=O) groups excluding carboxylic acids is 1. The van der Waals surface area contributed by atoms with Gasteiger partial charge in [0.2, 0.25) is 5.91 Å². The third-order valence-electron chi connectivity index (χ3n) is 5.77. The number of hydrogen-bond donors (Lipinski definition) is 0. The second-order valence-corrected chi connectivity index (χ2v) is 8.63. The van der Waals surface area contributed by atoms with E-state index < -0.39 is 0 Å². The van der Waals surface area contributed by atoms with Crippen molar-refractivity contribution >= 4 is 16.8 Å². The van der Waals surface area contributed by atoms with Gasteiger partial charge in [-0.15, -0.1) is 0 Å². The highest BCUT2D eigenvalue weighted by Gasteiger charge is 2.28. The van der Waals surface area contributed by atoms with Crippen LogP contribution in [0.25, 0.3) is 16.6 Å². The van der Waals surface area contributed by atoms with Gasteiger partial charge in [-0.1, -0.05) is 57.0 Å². The van der Waals surface area contributed by atoms with Crippen molar-refractivity contribution in [2.75, 3.05) is 6.54 Å². The molecule has 1 atom stereocenters. The zero-order chi connectivity index (χ0) is 22.7. The van der Waals surface area contributed by atoms with Crippen LogP contribution in [0.5, 0.6) is 0 Å². The van der Waals surface area contributed by atoms with E-state index in [1.54, 1.807) is 4.57 Å². The van der Waals surface area contributed by atoms with Gasteiger partial charge in [0.1, 0.15) is 5.82 Å². The maximum absolute atomic E-state index is 13.7. The highest BCUT2D eigenvalue weighted by molar-refractivity contribution is 5.80. The first-order valence-corrected chi connectivity index (χ1v) is 11.2. The molecule has 0 radical (unpaired) electrons. The van der Waals surface area contributed by atoms with Crippen molar-refractivity contribution in [3.63, 3.8) is 0 Å². The van der Waals surface area contributed by atoms with Crippen molar-refractivity contribution in [1.29, 1.82) is 0 Å². The van der Waals surface area contributed by atoms with Gasteiger partial charge in [0.05, 0.1) is 22.6 Å². The molecule has 0 aliphatic rings. The molecule has 164 valence electrons. The molecule has 1 heterocycles. The molecule has 0 saturated heterocycles. The van der Waals surface area contributed by atoms with E-state index >= 15 is 0 Å². The number of aryl methyl sites for hydroxylation is 2. The summed E-state index contributed by atoms with van der Waals surface area (Å²) in [6.07, 6.45) is 1.90. The summed E-state index contributed by atoms with van der Waals surface area (Å²) in [4.78, 5) is 33.5. The van der Waals surface area contributed by atoms with Crippen molar-refractivity contribution in [2.24, 2.45) is 5.92 Å². The monoisotopic (exact) mass is 419 g/mol. The van der Waals surface area contributed by atoms with E-state index in [0.29, 0.717) is 23.3 Å². The van der Waals surface area contributed by atoms with Crippen molar-refractivity contribution in [2.45, 2.75) is 60.4 Å². The van der Waals surface area contributed by atoms with Crippen LogP contribution in [0.4, 0.5) is 0 Å². The molecular weight excluding hydrogens is 386 g/mol. The number of aromatic nitrogens is 2. The lowest BCUT2D eigenvalue weighted by molar-refractivity contribution is -0.137. The number of unbranched alkanes of at least 4 members (excludes halogenated alkanes) is 1. The summed E-state index contributed by atoms with van der Waals surface area (Å²) in [7, 11) is 0. The zero-order valence-corrected chi connectivity index (χ0v) is 19.5. The van der Waals surface area contributed by atoms with E-state index in [2.05, 4.69) is 13.0 Å². The van der Waals surface area contributed by atoms with E-state index in [1.807, 2.05) is 75.9 Å². The Morgan fingerprint density at radius 1 is 1.10 bits per heavy atom. The largest absolute Gasteiger partial charge is 0.333 e. The Morgan fingerprint density at radius 2 is 1.81 bits per heavy atom. The minimum Gasteiger partial charge on any atom is -0.333 e. The number of carbonyl (C=O) groups is 1. The first-order valence-electron chi connectivity index (χ1n) is 11.2. The van der Waals surface area contributed by atoms with Crippen LogP contribution in [0, 0.1) is 19.8 Å². The lowest BCUT2D eigenvalue weighted by Gasteiger charge is -2.32. The Kier molecular flexibility index (Phi) is 6.94. The number of nitrogens with zero attached hydrogens (tertiary/aromatic N) is 3. The topological polar surface area (TPSA) is 55.2 Å². The highest BCUT2D eigenvalue weighted by atomic mass is 16.2. The molecule has 0 unspecified atom stereocenters. The summed E-state index contributed by atoms with van der Waals surface area (Å²) in [5.74, 6) is 0.553. The SMILES string of the molecule is CCCCN(C(=O)C(C)C)[C@H](C)c1nc2ccccc2c(=O)n1-c1ccc(C)cc1C. The first-order chi connectivity index (χ1) is 14.8. The summed E-state index contributed by atoms with van der Waals surface area (Å²) >= 11 is 0. The van der Waals surface area contributed by atoms with E-state index in [9.17, 15) is 9.59 Å². The number of benzene rings is 2. The predicted octanol–water partition coefficient (Wildman–Crippen LogP) is 5.35. The Balaban J connectivity index is 2.29. The molecule has 0 aliphatic heterocycles. The first kappa shape index (κ1) is 22.7. The van der Waals surface area contributed by atoms with Crippen LogP contribution < -0.4 is 5.56 Å². The maximum Gasteiger partial charge on any atom is 0.266 e. The van der Waals surface area contributed by atoms with Crippen LogP contribution in [0.2, 0.25) is 0 Å². The predicted molar refractivity (Wildman–Crippen MR) is 127 cm³/mol. The Morgan fingerprint density at radius 3 is 2.45 bits per heavy atom. The van der Waals surface area contributed by atoms with Crippen molar-refractivity contribution in [1.82, 2.24) is 14.5 Å². The van der Waals surface area contributed by atoms with Crippen LogP contribution in [0.3, 0.4) is 0 Å². The second kappa shape index (κ2) is 9.46. The summed E-state index contributed by atoms with van der Waals surface area (Å²) < 4.78 is 1.70. The molecule has 0 spiro atoms. The van der Waals surface area contributed by atoms with Gasteiger partial charge in [-0.3, -0.25) is 14.2 Å². The van der Waals surface area contributed by atoms with E-state index in [1.165, 1.54) is 0 Å². The molecule has 3 rings (SSSR count). The van der Waals surface area contributed by atoms with Crippen LogP contribution in [0.1, 0.15) is 63.5 Å². The lowest BCUT2D eigenvalue weighted by Crippen LogP contribution is -2.40. The van der Waals surface area contributed by atoms with Crippen molar-refractivity contribution < 1.29 is 4.79 Å². The molecule has 31 heavy (non-hydrogen) atoms. The third kappa shape index (κ3) is 4.55. The van der Waals surface area contributed by atoms with Crippen LogP contribution in [-0.4, -0.2) is 26.9 Å². The standard InChI is InChI=1S/C26H33N3O2/c1-7-8-15-28(25(30)17(2)3)20(6)24-27-22-12-10-9-11-21(22)26(31)29(24)23-14-13-18(4)16-19(23)5/h9-14,16-17,20H,7-8,15H2,1-6H3/t20-/m1/s1. The molecule has 5 heteroatoms. The average molecular weight is 420 g/mol. The van der Waals surface area contributed by atoms with Gasteiger partial charge in [-0.05, 0) is 51.0 Å². The van der Waals surface area contributed by atoms with E-state index in [-0.39, 0.29) is 23.4 Å². The van der Waals surface area contributed by atoms with Gasteiger partial charge < -0.3 is 4.90 Å². The van der Waals surface area contributed by atoms with Gasteiger partial charge in [0.15, 0.2) is 0 Å². The normalized spacial score (nSPS) is 12.4. The molecule has 1 amide bonds. The fourth-order valence-corrected chi connectivity index (χ4v) is 4.01. The smallest absolute Gasteiger partial charge is 0.266 e. The van der Waals surface area contributed by atoms with Crippen molar-refractivity contribution in [3.05, 3.63) is 69.8 Å². The fourth-order valence-electron chi connectivity index (χ4n) is 4.01. The quantitative estimate of drug-likeness (QED) is 0.519. The minimum absolute atomic E-state index is 0.0792. The number of fused-ring (bicyclic) bond motifs is 1. The Hall–Kier alpha value is -2.95. The average Bonchev–Trinajstić information content (AvgIpc) is 2.74. The van der Waals surface area contributed by atoms with Crippen LogP contribution >= 0.6 is 0 Å². The van der Waals surface area contributed by atoms with Gasteiger partial charge >= 0.3 is 0 Å². The number of para-hydroxylation sites is 1. The summed E-state index contributed by atoms with van der Waals surface area (Å²) in [6, 6.07) is 13.1. The molecule has 0 aliphatic carbocycles. The molecule has 1 aromatic heterocycles. The molecule has 0 bridgehead atoms.